The lowest BCUT2D eigenvalue weighted by atomic mass is 10.1. The van der Waals surface area contributed by atoms with Crippen LogP contribution in [-0.4, -0.2) is 25.7 Å². The van der Waals surface area contributed by atoms with Crippen LogP contribution in [0, 0.1) is 0 Å². The van der Waals surface area contributed by atoms with E-state index < -0.39 is 0 Å². The van der Waals surface area contributed by atoms with Crippen molar-refractivity contribution < 1.29 is 0 Å². The molecule has 114 valence electrons. The van der Waals surface area contributed by atoms with Crippen LogP contribution in [-0.2, 0) is 13.1 Å². The molecule has 0 saturated heterocycles. The summed E-state index contributed by atoms with van der Waals surface area (Å²) in [5.74, 6) is 1.01. The maximum Gasteiger partial charge on any atom is 0.141 e. The molecule has 0 fully saturated rings. The van der Waals surface area contributed by atoms with Gasteiger partial charge in [-0.15, -0.1) is 0 Å². The maximum atomic E-state index is 5.74. The third-order valence-corrected chi connectivity index (χ3v) is 3.58. The summed E-state index contributed by atoms with van der Waals surface area (Å²) in [5.41, 5.74) is 7.80. The van der Waals surface area contributed by atoms with Crippen molar-refractivity contribution in [3.8, 4) is 0 Å². The van der Waals surface area contributed by atoms with Crippen molar-refractivity contribution in [2.45, 2.75) is 52.9 Å². The number of aromatic nitrogens is 3. The molecule has 0 bridgehead atoms. The Balaban J connectivity index is 2.12. The van der Waals surface area contributed by atoms with Crippen molar-refractivity contribution in [3.05, 3.63) is 42.0 Å². The second-order valence-electron chi connectivity index (χ2n) is 5.95. The number of nitrogens with zero attached hydrogens (tertiary/aromatic N) is 4. The molecule has 2 rings (SSSR count). The minimum absolute atomic E-state index is 0.327. The van der Waals surface area contributed by atoms with E-state index in [0.717, 1.165) is 24.6 Å². The Bertz CT molecular complexity index is 556. The standard InChI is InChI=1S/C16H25N5/c1-12(2)20(9-14-5-7-15(17)8-6-14)10-16-18-11-19-21(16)13(3)4/h5-8,11-13H,9-10,17H2,1-4H3. The normalized spacial score (nSPS) is 11.8. The first-order valence-corrected chi connectivity index (χ1v) is 7.44. The van der Waals surface area contributed by atoms with E-state index in [0.29, 0.717) is 12.1 Å². The topological polar surface area (TPSA) is 60.0 Å². The van der Waals surface area contributed by atoms with Crippen LogP contribution in [0.3, 0.4) is 0 Å². The highest BCUT2D eigenvalue weighted by atomic mass is 15.4. The number of benzene rings is 1. The van der Waals surface area contributed by atoms with Gasteiger partial charge in [-0.25, -0.2) is 9.67 Å². The van der Waals surface area contributed by atoms with E-state index in [-0.39, 0.29) is 0 Å². The van der Waals surface area contributed by atoms with E-state index in [1.807, 2.05) is 16.8 Å². The Kier molecular flexibility index (Phi) is 4.96. The van der Waals surface area contributed by atoms with Crippen LogP contribution < -0.4 is 5.73 Å². The molecule has 0 aliphatic carbocycles. The average molecular weight is 287 g/mol. The predicted molar refractivity (Wildman–Crippen MR) is 85.6 cm³/mol. The molecule has 0 aliphatic rings. The molecule has 0 saturated carbocycles. The average Bonchev–Trinajstić information content (AvgIpc) is 2.88. The van der Waals surface area contributed by atoms with Crippen molar-refractivity contribution in [2.24, 2.45) is 0 Å². The van der Waals surface area contributed by atoms with Gasteiger partial charge in [0.25, 0.3) is 0 Å². The first-order chi connectivity index (χ1) is 9.97. The zero-order chi connectivity index (χ0) is 15.4. The molecule has 5 heteroatoms. The van der Waals surface area contributed by atoms with E-state index in [4.69, 9.17) is 5.73 Å². The van der Waals surface area contributed by atoms with Crippen LogP contribution in [0.4, 0.5) is 5.69 Å². The molecule has 0 radical (unpaired) electrons. The Morgan fingerprint density at radius 3 is 2.33 bits per heavy atom. The van der Waals surface area contributed by atoms with Gasteiger partial charge in [-0.1, -0.05) is 12.1 Å². The van der Waals surface area contributed by atoms with E-state index in [1.54, 1.807) is 6.33 Å². The van der Waals surface area contributed by atoms with Gasteiger partial charge in [0.05, 0.1) is 6.54 Å². The summed E-state index contributed by atoms with van der Waals surface area (Å²) in [6.45, 7) is 10.3. The Hall–Kier alpha value is -1.88. The van der Waals surface area contributed by atoms with Crippen molar-refractivity contribution in [1.82, 2.24) is 19.7 Å². The molecule has 0 atom stereocenters. The Morgan fingerprint density at radius 1 is 1.10 bits per heavy atom. The molecule has 0 spiro atoms. The number of rotatable bonds is 6. The number of hydrogen-bond acceptors (Lipinski definition) is 4. The molecule has 1 heterocycles. The second kappa shape index (κ2) is 6.72. The number of hydrogen-bond donors (Lipinski definition) is 1. The molecule has 1 aromatic heterocycles. The largest absolute Gasteiger partial charge is 0.399 e. The number of anilines is 1. The van der Waals surface area contributed by atoms with Gasteiger partial charge >= 0.3 is 0 Å². The molecule has 0 unspecified atom stereocenters. The maximum absolute atomic E-state index is 5.74. The molecule has 5 nitrogen and oxygen atoms in total. The molecule has 21 heavy (non-hydrogen) atoms. The van der Waals surface area contributed by atoms with Crippen LogP contribution in [0.5, 0.6) is 0 Å². The molecule has 0 aliphatic heterocycles. The summed E-state index contributed by atoms with van der Waals surface area (Å²) in [4.78, 5) is 6.79. The van der Waals surface area contributed by atoms with Gasteiger partial charge in [0.2, 0.25) is 0 Å². The van der Waals surface area contributed by atoms with Crippen molar-refractivity contribution in [3.63, 3.8) is 0 Å². The van der Waals surface area contributed by atoms with Crippen molar-refractivity contribution in [1.29, 1.82) is 0 Å². The van der Waals surface area contributed by atoms with Gasteiger partial charge in [-0.2, -0.15) is 5.10 Å². The summed E-state index contributed by atoms with van der Waals surface area (Å²) in [6, 6.07) is 8.82. The summed E-state index contributed by atoms with van der Waals surface area (Å²) >= 11 is 0. The van der Waals surface area contributed by atoms with Crippen LogP contribution in [0.1, 0.15) is 45.1 Å². The van der Waals surface area contributed by atoms with Gasteiger partial charge < -0.3 is 5.73 Å². The predicted octanol–water partition coefficient (Wildman–Crippen LogP) is 2.85. The number of nitrogen functional groups attached to an aromatic ring is 1. The lowest BCUT2D eigenvalue weighted by Gasteiger charge is -2.26. The third-order valence-electron chi connectivity index (χ3n) is 3.58. The fraction of sp³-hybridized carbons (Fsp3) is 0.500. The molecule has 2 aromatic rings. The van der Waals surface area contributed by atoms with Crippen LogP contribution in [0.25, 0.3) is 0 Å². The van der Waals surface area contributed by atoms with Gasteiger partial charge in [0.1, 0.15) is 12.2 Å². The monoisotopic (exact) mass is 287 g/mol. The third kappa shape index (κ3) is 4.04. The molecular weight excluding hydrogens is 262 g/mol. The zero-order valence-electron chi connectivity index (χ0n) is 13.3. The first kappa shape index (κ1) is 15.5. The summed E-state index contributed by atoms with van der Waals surface area (Å²) in [6.07, 6.45) is 1.64. The quantitative estimate of drug-likeness (QED) is 0.830. The smallest absolute Gasteiger partial charge is 0.141 e. The minimum Gasteiger partial charge on any atom is -0.399 e. The minimum atomic E-state index is 0.327. The van der Waals surface area contributed by atoms with Gasteiger partial charge in [0.15, 0.2) is 0 Å². The molecule has 0 amide bonds. The first-order valence-electron chi connectivity index (χ1n) is 7.44. The number of nitrogens with two attached hydrogens (primary N) is 1. The van der Waals surface area contributed by atoms with Crippen molar-refractivity contribution >= 4 is 5.69 Å². The van der Waals surface area contributed by atoms with E-state index in [1.165, 1.54) is 5.56 Å². The van der Waals surface area contributed by atoms with Crippen LogP contribution >= 0.6 is 0 Å². The SMILES string of the molecule is CC(C)N(Cc1ccc(N)cc1)Cc1ncnn1C(C)C. The highest BCUT2D eigenvalue weighted by Crippen LogP contribution is 2.15. The Labute approximate surface area is 126 Å². The molecule has 1 aromatic carbocycles. The Morgan fingerprint density at radius 2 is 1.76 bits per heavy atom. The lowest BCUT2D eigenvalue weighted by molar-refractivity contribution is 0.193. The fourth-order valence-corrected chi connectivity index (χ4v) is 2.28. The summed E-state index contributed by atoms with van der Waals surface area (Å²) in [7, 11) is 0. The fourth-order valence-electron chi connectivity index (χ4n) is 2.28. The van der Waals surface area contributed by atoms with E-state index in [2.05, 4.69) is 54.8 Å². The lowest BCUT2D eigenvalue weighted by Crippen LogP contribution is -2.31. The van der Waals surface area contributed by atoms with Crippen LogP contribution in [0.15, 0.2) is 30.6 Å². The van der Waals surface area contributed by atoms with E-state index >= 15 is 0 Å². The second-order valence-corrected chi connectivity index (χ2v) is 5.95. The van der Waals surface area contributed by atoms with Crippen molar-refractivity contribution in [2.75, 3.05) is 5.73 Å². The van der Waals surface area contributed by atoms with Gasteiger partial charge in [-0.05, 0) is 45.4 Å². The van der Waals surface area contributed by atoms with Gasteiger partial charge in [-0.3, -0.25) is 4.90 Å². The summed E-state index contributed by atoms with van der Waals surface area (Å²) in [5, 5.41) is 4.31. The van der Waals surface area contributed by atoms with E-state index in [9.17, 15) is 0 Å². The zero-order valence-corrected chi connectivity index (χ0v) is 13.3. The highest BCUT2D eigenvalue weighted by Gasteiger charge is 2.15. The molecule has 2 N–H and O–H groups in total. The highest BCUT2D eigenvalue weighted by molar-refractivity contribution is 5.39. The summed E-state index contributed by atoms with van der Waals surface area (Å²) < 4.78 is 1.98. The van der Waals surface area contributed by atoms with Crippen LogP contribution in [0.2, 0.25) is 0 Å². The van der Waals surface area contributed by atoms with Gasteiger partial charge in [0, 0.05) is 24.3 Å². The molecular formula is C16H25N5.